The highest BCUT2D eigenvalue weighted by atomic mass is 16.5. The van der Waals surface area contributed by atoms with Gasteiger partial charge in [0.2, 0.25) is 0 Å². The van der Waals surface area contributed by atoms with E-state index in [1.165, 1.54) is 0 Å². The molecule has 0 spiro atoms. The highest BCUT2D eigenvalue weighted by Crippen LogP contribution is 2.01. The quantitative estimate of drug-likeness (QED) is 0.446. The zero-order valence-electron chi connectivity index (χ0n) is 7.80. The highest BCUT2D eigenvalue weighted by molar-refractivity contribution is 5.82. The lowest BCUT2D eigenvalue weighted by Crippen LogP contribution is -2.20. The smallest absolute Gasteiger partial charge is 0.161 e. The molecule has 0 saturated heterocycles. The van der Waals surface area contributed by atoms with Gasteiger partial charge in [0, 0.05) is 19.4 Å². The third kappa shape index (κ3) is 4.92. The summed E-state index contributed by atoms with van der Waals surface area (Å²) < 4.78 is 5.13. The molecule has 0 bridgehead atoms. The number of Topliss-reactive ketones (excluding diaryl/α,β-unsaturated/α-hetero) is 1. The molecule has 12 heavy (non-hydrogen) atoms. The predicted octanol–water partition coefficient (Wildman–Crippen LogP) is 1.78. The molecule has 2 nitrogen and oxygen atoms in total. The maximum atomic E-state index is 11.2. The molecule has 1 unspecified atom stereocenters. The summed E-state index contributed by atoms with van der Waals surface area (Å²) in [6.45, 7) is 4.25. The SMILES string of the molecule is C#CCCCC(=O)C(C)OCC. The van der Waals surface area contributed by atoms with Gasteiger partial charge in [-0.3, -0.25) is 4.79 Å². The Bertz CT molecular complexity index is 167. The molecule has 0 aromatic rings. The third-order valence-corrected chi connectivity index (χ3v) is 1.61. The molecule has 68 valence electrons. The molecule has 0 saturated carbocycles. The van der Waals surface area contributed by atoms with Crippen LogP contribution in [-0.2, 0) is 9.53 Å². The van der Waals surface area contributed by atoms with Crippen molar-refractivity contribution < 1.29 is 9.53 Å². The zero-order chi connectivity index (χ0) is 9.40. The van der Waals surface area contributed by atoms with E-state index in [-0.39, 0.29) is 11.9 Å². The van der Waals surface area contributed by atoms with E-state index in [1.54, 1.807) is 6.92 Å². The molecular weight excluding hydrogens is 152 g/mol. The fourth-order valence-electron chi connectivity index (χ4n) is 0.911. The van der Waals surface area contributed by atoms with Gasteiger partial charge in [0.15, 0.2) is 5.78 Å². The summed E-state index contributed by atoms with van der Waals surface area (Å²) in [6.07, 6.45) is 6.76. The molecule has 0 aromatic heterocycles. The first-order valence-electron chi connectivity index (χ1n) is 4.30. The number of hydrogen-bond donors (Lipinski definition) is 0. The molecular formula is C10H16O2. The van der Waals surface area contributed by atoms with Crippen molar-refractivity contribution in [3.63, 3.8) is 0 Å². The molecule has 0 fully saturated rings. The van der Waals surface area contributed by atoms with Gasteiger partial charge < -0.3 is 4.74 Å². The Hall–Kier alpha value is -0.810. The van der Waals surface area contributed by atoms with Gasteiger partial charge in [0.1, 0.15) is 6.10 Å². The predicted molar refractivity (Wildman–Crippen MR) is 48.8 cm³/mol. The Labute approximate surface area is 74.3 Å². The minimum Gasteiger partial charge on any atom is -0.371 e. The topological polar surface area (TPSA) is 26.3 Å². The number of terminal acetylenes is 1. The van der Waals surface area contributed by atoms with Gasteiger partial charge >= 0.3 is 0 Å². The van der Waals surface area contributed by atoms with Crippen LogP contribution in [0.1, 0.15) is 33.1 Å². The van der Waals surface area contributed by atoms with E-state index in [0.29, 0.717) is 19.4 Å². The molecule has 0 aliphatic carbocycles. The van der Waals surface area contributed by atoms with Crippen LogP contribution in [0.5, 0.6) is 0 Å². The van der Waals surface area contributed by atoms with Crippen molar-refractivity contribution in [3.05, 3.63) is 0 Å². The molecule has 0 aliphatic heterocycles. The standard InChI is InChI=1S/C10H16O2/c1-4-6-7-8-10(11)9(3)12-5-2/h1,9H,5-8H2,2-3H3. The van der Waals surface area contributed by atoms with E-state index in [4.69, 9.17) is 11.2 Å². The Morgan fingerprint density at radius 3 is 2.83 bits per heavy atom. The summed E-state index contributed by atoms with van der Waals surface area (Å²) in [5.41, 5.74) is 0. The van der Waals surface area contributed by atoms with Crippen LogP contribution in [0.15, 0.2) is 0 Å². The lowest BCUT2D eigenvalue weighted by molar-refractivity contribution is -0.129. The van der Waals surface area contributed by atoms with E-state index in [9.17, 15) is 4.79 Å². The summed E-state index contributed by atoms with van der Waals surface area (Å²) >= 11 is 0. The van der Waals surface area contributed by atoms with E-state index in [2.05, 4.69) is 5.92 Å². The Morgan fingerprint density at radius 2 is 2.33 bits per heavy atom. The zero-order valence-corrected chi connectivity index (χ0v) is 7.80. The first kappa shape index (κ1) is 11.2. The van der Waals surface area contributed by atoms with Crippen molar-refractivity contribution in [1.29, 1.82) is 0 Å². The fraction of sp³-hybridized carbons (Fsp3) is 0.700. The van der Waals surface area contributed by atoms with E-state index < -0.39 is 0 Å². The fourth-order valence-corrected chi connectivity index (χ4v) is 0.911. The second-order valence-corrected chi connectivity index (χ2v) is 2.62. The maximum Gasteiger partial charge on any atom is 0.161 e. The number of hydrogen-bond acceptors (Lipinski definition) is 2. The summed E-state index contributed by atoms with van der Waals surface area (Å²) in [7, 11) is 0. The van der Waals surface area contributed by atoms with Crippen LogP contribution in [0.3, 0.4) is 0 Å². The van der Waals surface area contributed by atoms with Crippen LogP contribution in [-0.4, -0.2) is 18.5 Å². The maximum absolute atomic E-state index is 11.2. The molecule has 0 rings (SSSR count). The number of carbonyl (C=O) groups excluding carboxylic acids is 1. The van der Waals surface area contributed by atoms with Gasteiger partial charge in [0.25, 0.3) is 0 Å². The number of rotatable bonds is 6. The second-order valence-electron chi connectivity index (χ2n) is 2.62. The summed E-state index contributed by atoms with van der Waals surface area (Å²) in [5.74, 6) is 2.65. The lowest BCUT2D eigenvalue weighted by Gasteiger charge is -2.08. The number of unbranched alkanes of at least 4 members (excludes halogenated alkanes) is 1. The van der Waals surface area contributed by atoms with Crippen LogP contribution < -0.4 is 0 Å². The van der Waals surface area contributed by atoms with Gasteiger partial charge in [0.05, 0.1) is 0 Å². The molecule has 0 aromatic carbocycles. The molecule has 0 heterocycles. The van der Waals surface area contributed by atoms with Gasteiger partial charge in [-0.15, -0.1) is 12.3 Å². The minimum absolute atomic E-state index is 0.145. The highest BCUT2D eigenvalue weighted by Gasteiger charge is 2.10. The Kier molecular flexibility index (Phi) is 6.41. The molecule has 0 amide bonds. The van der Waals surface area contributed by atoms with Crippen LogP contribution in [0.2, 0.25) is 0 Å². The molecule has 1 atom stereocenters. The summed E-state index contributed by atoms with van der Waals surface area (Å²) in [4.78, 5) is 11.2. The monoisotopic (exact) mass is 168 g/mol. The third-order valence-electron chi connectivity index (χ3n) is 1.61. The normalized spacial score (nSPS) is 12.1. The van der Waals surface area contributed by atoms with Crippen molar-refractivity contribution in [2.24, 2.45) is 0 Å². The average molecular weight is 168 g/mol. The van der Waals surface area contributed by atoms with Crippen molar-refractivity contribution in [1.82, 2.24) is 0 Å². The Morgan fingerprint density at radius 1 is 1.67 bits per heavy atom. The van der Waals surface area contributed by atoms with Crippen LogP contribution in [0.4, 0.5) is 0 Å². The van der Waals surface area contributed by atoms with E-state index >= 15 is 0 Å². The number of ketones is 1. The van der Waals surface area contributed by atoms with Gasteiger partial charge in [-0.2, -0.15) is 0 Å². The lowest BCUT2D eigenvalue weighted by atomic mass is 10.1. The van der Waals surface area contributed by atoms with Crippen molar-refractivity contribution in [3.8, 4) is 12.3 Å². The van der Waals surface area contributed by atoms with Crippen molar-refractivity contribution >= 4 is 5.78 Å². The van der Waals surface area contributed by atoms with Crippen LogP contribution >= 0.6 is 0 Å². The molecule has 0 radical (unpaired) electrons. The second kappa shape index (κ2) is 6.87. The van der Waals surface area contributed by atoms with Gasteiger partial charge in [-0.25, -0.2) is 0 Å². The summed E-state index contributed by atoms with van der Waals surface area (Å²) in [6, 6.07) is 0. The first-order chi connectivity index (χ1) is 5.72. The number of ether oxygens (including phenoxy) is 1. The average Bonchev–Trinajstić information content (AvgIpc) is 2.05. The largest absolute Gasteiger partial charge is 0.371 e. The summed E-state index contributed by atoms with van der Waals surface area (Å²) in [5, 5.41) is 0. The van der Waals surface area contributed by atoms with Gasteiger partial charge in [-0.05, 0) is 20.3 Å². The van der Waals surface area contributed by atoms with Crippen molar-refractivity contribution in [2.45, 2.75) is 39.2 Å². The molecule has 2 heteroatoms. The first-order valence-corrected chi connectivity index (χ1v) is 4.30. The van der Waals surface area contributed by atoms with E-state index in [1.807, 2.05) is 6.92 Å². The van der Waals surface area contributed by atoms with Gasteiger partial charge in [-0.1, -0.05) is 0 Å². The number of carbonyl (C=O) groups is 1. The minimum atomic E-state index is -0.271. The van der Waals surface area contributed by atoms with E-state index in [0.717, 1.165) is 6.42 Å². The Balaban J connectivity index is 3.51. The molecule has 0 aliphatic rings. The van der Waals surface area contributed by atoms with Crippen LogP contribution in [0.25, 0.3) is 0 Å². The van der Waals surface area contributed by atoms with Crippen molar-refractivity contribution in [2.75, 3.05) is 6.61 Å². The molecule has 0 N–H and O–H groups in total. The van der Waals surface area contributed by atoms with Crippen LogP contribution in [0, 0.1) is 12.3 Å².